The molecule has 0 atom stereocenters. The Morgan fingerprint density at radius 1 is 0.719 bits per heavy atom. The number of imide groups is 1. The summed E-state index contributed by atoms with van der Waals surface area (Å²) in [6.07, 6.45) is 0. The van der Waals surface area contributed by atoms with Crippen LogP contribution >= 0.6 is 81.2 Å². The number of halogens is 7. The Morgan fingerprint density at radius 3 is 2.00 bits per heavy atom. The largest absolute Gasteiger partial charge is 0.454 e. The maximum atomic E-state index is 12.4. The van der Waals surface area contributed by atoms with Gasteiger partial charge in [-0.25, -0.2) is 4.79 Å². The third-order valence-electron chi connectivity index (χ3n) is 3.89. The first-order chi connectivity index (χ1) is 15.1. The zero-order valence-electron chi connectivity index (χ0n) is 15.4. The van der Waals surface area contributed by atoms with Crippen molar-refractivity contribution < 1.29 is 14.3 Å². The van der Waals surface area contributed by atoms with Gasteiger partial charge in [-0.1, -0.05) is 87.3 Å². The van der Waals surface area contributed by atoms with Crippen molar-refractivity contribution in [2.75, 3.05) is 5.32 Å². The van der Waals surface area contributed by atoms with Crippen molar-refractivity contribution >= 4 is 98.8 Å². The minimum atomic E-state index is -0.944. The van der Waals surface area contributed by atoms with Crippen molar-refractivity contribution in [2.24, 2.45) is 0 Å². The summed E-state index contributed by atoms with van der Waals surface area (Å²) in [5.41, 5.74) is -0.117. The number of hydrogen-bond donors (Lipinski definition) is 2. The Bertz CT molecular complexity index is 1210. The average molecular weight is 573 g/mol. The van der Waals surface area contributed by atoms with Gasteiger partial charge in [0.15, 0.2) is 0 Å². The van der Waals surface area contributed by atoms with E-state index in [9.17, 15) is 9.59 Å². The fourth-order valence-corrected chi connectivity index (χ4v) is 4.20. The van der Waals surface area contributed by atoms with Gasteiger partial charge in [0, 0.05) is 11.1 Å². The van der Waals surface area contributed by atoms with E-state index in [1.54, 1.807) is 12.1 Å². The van der Waals surface area contributed by atoms with E-state index in [1.807, 2.05) is 0 Å². The summed E-state index contributed by atoms with van der Waals surface area (Å²) in [5.74, 6) is -0.490. The Morgan fingerprint density at radius 2 is 1.38 bits per heavy atom. The molecule has 0 saturated heterocycles. The highest BCUT2D eigenvalue weighted by Gasteiger charge is 2.21. The van der Waals surface area contributed by atoms with Crippen molar-refractivity contribution in [3.05, 3.63) is 83.2 Å². The normalized spacial score (nSPS) is 10.6. The van der Waals surface area contributed by atoms with Gasteiger partial charge in [0.05, 0.1) is 36.4 Å². The lowest BCUT2D eigenvalue weighted by Gasteiger charge is -2.15. The van der Waals surface area contributed by atoms with Crippen LogP contribution in [0.25, 0.3) is 0 Å². The fraction of sp³-hybridized carbons (Fsp3) is 0. The smallest absolute Gasteiger partial charge is 0.326 e. The van der Waals surface area contributed by atoms with Crippen LogP contribution in [0.4, 0.5) is 10.5 Å². The van der Waals surface area contributed by atoms with Crippen molar-refractivity contribution in [1.82, 2.24) is 5.32 Å². The van der Waals surface area contributed by atoms with E-state index in [2.05, 4.69) is 10.6 Å². The Balaban J connectivity index is 1.81. The van der Waals surface area contributed by atoms with Crippen molar-refractivity contribution in [2.45, 2.75) is 0 Å². The predicted octanol–water partition coefficient (Wildman–Crippen LogP) is 9.01. The molecule has 2 N–H and O–H groups in total. The molecule has 166 valence electrons. The van der Waals surface area contributed by atoms with Crippen LogP contribution in [0.2, 0.25) is 35.2 Å². The summed E-state index contributed by atoms with van der Waals surface area (Å²) in [6.45, 7) is 0. The zero-order chi connectivity index (χ0) is 23.6. The summed E-state index contributed by atoms with van der Waals surface area (Å²) in [6, 6.07) is 9.44. The molecule has 0 aromatic heterocycles. The third kappa shape index (κ3) is 5.67. The summed E-state index contributed by atoms with van der Waals surface area (Å²) >= 11 is 42.7. The lowest BCUT2D eigenvalue weighted by atomic mass is 10.2. The number of rotatable bonds is 4. The second-order valence-electron chi connectivity index (χ2n) is 6.04. The van der Waals surface area contributed by atoms with Gasteiger partial charge >= 0.3 is 6.03 Å². The second-order valence-corrected chi connectivity index (χ2v) is 8.86. The minimum absolute atomic E-state index is 0.0159. The van der Waals surface area contributed by atoms with Crippen LogP contribution in [0.3, 0.4) is 0 Å². The Kier molecular flexibility index (Phi) is 8.28. The highest BCUT2D eigenvalue weighted by Crippen LogP contribution is 2.45. The molecule has 32 heavy (non-hydrogen) atoms. The van der Waals surface area contributed by atoms with Gasteiger partial charge in [-0.05, 0) is 30.3 Å². The van der Waals surface area contributed by atoms with Gasteiger partial charge in [-0.2, -0.15) is 0 Å². The Labute approximate surface area is 217 Å². The van der Waals surface area contributed by atoms with Crippen LogP contribution in [-0.2, 0) is 0 Å². The molecule has 0 spiro atoms. The number of hydrogen-bond acceptors (Lipinski definition) is 3. The summed E-state index contributed by atoms with van der Waals surface area (Å²) in [4.78, 5) is 24.7. The maximum Gasteiger partial charge on any atom is 0.326 e. The molecule has 0 fully saturated rings. The number of benzene rings is 3. The van der Waals surface area contributed by atoms with Crippen LogP contribution in [0, 0.1) is 0 Å². The van der Waals surface area contributed by atoms with E-state index in [1.165, 1.54) is 30.3 Å². The molecular formula is C20H9Cl7N2O3. The lowest BCUT2D eigenvalue weighted by molar-refractivity contribution is 0.0967. The van der Waals surface area contributed by atoms with E-state index in [4.69, 9.17) is 85.9 Å². The number of amides is 3. The molecule has 3 aromatic carbocycles. The molecular weight excluding hydrogens is 564 g/mol. The van der Waals surface area contributed by atoms with Gasteiger partial charge in [0.1, 0.15) is 16.5 Å². The number of carbonyl (C=O) groups excluding carboxylic acids is 2. The molecule has 0 aliphatic heterocycles. The molecule has 0 bridgehead atoms. The van der Waals surface area contributed by atoms with Gasteiger partial charge in [0.25, 0.3) is 5.91 Å². The van der Waals surface area contributed by atoms with E-state index in [-0.39, 0.29) is 52.9 Å². The number of nitrogens with one attached hydrogen (secondary N) is 2. The first-order valence-electron chi connectivity index (χ1n) is 8.45. The summed E-state index contributed by atoms with van der Waals surface area (Å²) in [5, 5.41) is 5.05. The topological polar surface area (TPSA) is 67.4 Å². The summed E-state index contributed by atoms with van der Waals surface area (Å²) < 4.78 is 5.66. The third-order valence-corrected chi connectivity index (χ3v) is 6.20. The molecule has 5 nitrogen and oxygen atoms in total. The standard InChI is InChI=1S/C20H9Cl7N2O3/c21-8-4-5-13(11(24)6-8)32-14-7-12(25)18(17(27)16(14)26)28-20(31)29-19(30)15-9(22)2-1-3-10(15)23/h1-7H,(H2,28,29,30,31). The molecule has 0 radical (unpaired) electrons. The highest BCUT2D eigenvalue weighted by molar-refractivity contribution is 6.47. The zero-order valence-corrected chi connectivity index (χ0v) is 20.7. The SMILES string of the molecule is O=C(NC(=O)c1c(Cl)cccc1Cl)Nc1c(Cl)cc(Oc2ccc(Cl)cc2Cl)c(Cl)c1Cl. The molecule has 0 saturated carbocycles. The number of carbonyl (C=O) groups is 2. The quantitative estimate of drug-likeness (QED) is 0.306. The minimum Gasteiger partial charge on any atom is -0.454 e. The second kappa shape index (κ2) is 10.6. The van der Waals surface area contributed by atoms with Crippen molar-refractivity contribution in [3.8, 4) is 11.5 Å². The van der Waals surface area contributed by atoms with Crippen LogP contribution in [0.15, 0.2) is 42.5 Å². The van der Waals surface area contributed by atoms with Crippen molar-refractivity contribution in [3.63, 3.8) is 0 Å². The van der Waals surface area contributed by atoms with E-state index >= 15 is 0 Å². The highest BCUT2D eigenvalue weighted by atomic mass is 35.5. The first kappa shape index (κ1) is 25.1. The molecule has 0 aliphatic carbocycles. The van der Waals surface area contributed by atoms with Crippen LogP contribution in [0.1, 0.15) is 10.4 Å². The van der Waals surface area contributed by atoms with Gasteiger partial charge in [0.2, 0.25) is 0 Å². The van der Waals surface area contributed by atoms with Gasteiger partial charge in [-0.3, -0.25) is 10.1 Å². The van der Waals surface area contributed by atoms with Crippen molar-refractivity contribution in [1.29, 1.82) is 0 Å². The Hall–Kier alpha value is -1.57. The van der Waals surface area contributed by atoms with Gasteiger partial charge < -0.3 is 10.1 Å². The van der Waals surface area contributed by atoms with Crippen LogP contribution in [-0.4, -0.2) is 11.9 Å². The molecule has 3 aromatic rings. The van der Waals surface area contributed by atoms with Gasteiger partial charge in [-0.15, -0.1) is 0 Å². The number of urea groups is 1. The number of ether oxygens (including phenoxy) is 1. The molecule has 12 heteroatoms. The van der Waals surface area contributed by atoms with E-state index < -0.39 is 11.9 Å². The monoisotopic (exact) mass is 570 g/mol. The molecule has 3 amide bonds. The fourth-order valence-electron chi connectivity index (χ4n) is 2.46. The number of anilines is 1. The molecule has 0 unspecified atom stereocenters. The summed E-state index contributed by atoms with van der Waals surface area (Å²) in [7, 11) is 0. The molecule has 0 aliphatic rings. The predicted molar refractivity (Wildman–Crippen MR) is 131 cm³/mol. The van der Waals surface area contributed by atoms with E-state index in [0.717, 1.165) is 0 Å². The lowest BCUT2D eigenvalue weighted by Crippen LogP contribution is -2.34. The molecule has 3 rings (SSSR count). The maximum absolute atomic E-state index is 12.4. The van der Waals surface area contributed by atoms with E-state index in [0.29, 0.717) is 5.02 Å². The first-order valence-corrected chi connectivity index (χ1v) is 11.1. The average Bonchev–Trinajstić information content (AvgIpc) is 2.71. The molecule has 0 heterocycles. The van der Waals surface area contributed by atoms with Crippen LogP contribution < -0.4 is 15.4 Å². The van der Waals surface area contributed by atoms with Crippen LogP contribution in [0.5, 0.6) is 11.5 Å².